The van der Waals surface area contributed by atoms with Gasteiger partial charge in [0.1, 0.15) is 24.2 Å². The molecule has 0 aromatic heterocycles. The summed E-state index contributed by atoms with van der Waals surface area (Å²) in [5.41, 5.74) is 16.5. The van der Waals surface area contributed by atoms with E-state index in [-0.39, 0.29) is 30.6 Å². The van der Waals surface area contributed by atoms with E-state index in [2.05, 4.69) is 40.9 Å². The molecule has 0 aromatic rings. The number of rotatable bonds is 13. The number of carboxylic acids is 1. The minimum Gasteiger partial charge on any atom is -0.480 e. The third-order valence-electron chi connectivity index (χ3n) is 6.56. The zero-order valence-corrected chi connectivity index (χ0v) is 22.9. The van der Waals surface area contributed by atoms with Gasteiger partial charge in [0, 0.05) is 31.1 Å². The van der Waals surface area contributed by atoms with Gasteiger partial charge in [0.05, 0.1) is 6.04 Å². The molecule has 5 atom stereocenters. The van der Waals surface area contributed by atoms with E-state index in [4.69, 9.17) is 17.2 Å². The monoisotopic (exact) mass is 574 g/mol. The first kappa shape index (κ1) is 31.5. The van der Waals surface area contributed by atoms with Crippen LogP contribution in [-0.4, -0.2) is 112 Å². The summed E-state index contributed by atoms with van der Waals surface area (Å²) in [5, 5.41) is 14.6. The lowest BCUT2D eigenvalue weighted by molar-refractivity contribution is -0.149. The Morgan fingerprint density at radius 1 is 0.921 bits per heavy atom. The number of carbonyl (C=O) groups is 5. The topological polar surface area (TPSA) is 227 Å². The molecule has 0 aliphatic carbocycles. The molecule has 0 saturated carbocycles. The molecule has 2 aliphatic heterocycles. The van der Waals surface area contributed by atoms with E-state index in [1.54, 1.807) is 0 Å². The van der Waals surface area contributed by atoms with Crippen LogP contribution in [0.25, 0.3) is 0 Å². The van der Waals surface area contributed by atoms with Crippen LogP contribution in [0.2, 0.25) is 0 Å². The van der Waals surface area contributed by atoms with Crippen molar-refractivity contribution in [2.45, 2.75) is 68.7 Å². The second-order valence-electron chi connectivity index (χ2n) is 9.26. The van der Waals surface area contributed by atoms with Gasteiger partial charge in [-0.25, -0.2) is 4.79 Å². The molecule has 9 N–H and O–H groups in total. The molecule has 2 aliphatic rings. The second-order valence-corrected chi connectivity index (χ2v) is 9.99. The first-order chi connectivity index (χ1) is 18.0. The Morgan fingerprint density at radius 3 is 1.97 bits per heavy atom. The number of nitrogens with one attached hydrogen (secondary N) is 2. The average Bonchev–Trinajstić information content (AvgIpc) is 3.57. The SMILES string of the molecule is NC(N)=NCCC[C@H](N)C(=O)N[C@@H](CS)C(=O)N1CCC[C@H]1C(=O)N[C@@H](CS)C(=O)N1CCC[C@H]1C(=O)O. The first-order valence-corrected chi connectivity index (χ1v) is 13.8. The van der Waals surface area contributed by atoms with Gasteiger partial charge >= 0.3 is 5.97 Å². The highest BCUT2D eigenvalue weighted by Crippen LogP contribution is 2.21. The van der Waals surface area contributed by atoms with E-state index < -0.39 is 59.8 Å². The predicted molar refractivity (Wildman–Crippen MR) is 147 cm³/mol. The lowest BCUT2D eigenvalue weighted by atomic mass is 10.1. The summed E-state index contributed by atoms with van der Waals surface area (Å²) >= 11 is 8.37. The number of carbonyl (C=O) groups excluding carboxylic acids is 4. The molecule has 214 valence electrons. The Balaban J connectivity index is 1.99. The molecule has 2 rings (SSSR count). The highest BCUT2D eigenvalue weighted by atomic mass is 32.1. The molecular weight excluding hydrogens is 536 g/mol. The standard InChI is InChI=1S/C22H38N8O6S2/c23-12(4-1-7-26-22(24)25)17(31)27-13(10-37)19(33)29-8-2-5-15(29)18(32)28-14(11-38)20(34)30-9-3-6-16(30)21(35)36/h12-16,37-38H,1-11,23H2,(H,27,31)(H,28,32)(H,35,36)(H4,24,25,26)/t12-,13-,14-,15-,16-/m0/s1. The molecule has 0 bridgehead atoms. The number of carboxylic acid groups (broad SMARTS) is 1. The third kappa shape index (κ3) is 8.39. The van der Waals surface area contributed by atoms with Crippen LogP contribution < -0.4 is 27.8 Å². The lowest BCUT2D eigenvalue weighted by Gasteiger charge is -2.31. The number of hydrogen-bond acceptors (Lipinski definition) is 9. The number of amides is 4. The number of aliphatic imine (C=N–C) groups is 1. The molecular formula is C22H38N8O6S2. The molecule has 38 heavy (non-hydrogen) atoms. The summed E-state index contributed by atoms with van der Waals surface area (Å²) in [7, 11) is 0. The largest absolute Gasteiger partial charge is 0.480 e. The summed E-state index contributed by atoms with van der Waals surface area (Å²) in [6.07, 6.45) is 2.57. The minimum atomic E-state index is -1.10. The summed E-state index contributed by atoms with van der Waals surface area (Å²) in [6.45, 7) is 0.880. The summed E-state index contributed by atoms with van der Waals surface area (Å²) < 4.78 is 0. The van der Waals surface area contributed by atoms with E-state index in [0.29, 0.717) is 45.1 Å². The Hall–Kier alpha value is -2.72. The van der Waals surface area contributed by atoms with Gasteiger partial charge < -0.3 is 42.7 Å². The van der Waals surface area contributed by atoms with Crippen LogP contribution in [0.3, 0.4) is 0 Å². The van der Waals surface area contributed by atoms with Crippen molar-refractivity contribution in [2.75, 3.05) is 31.1 Å². The van der Waals surface area contributed by atoms with E-state index in [1.807, 2.05) is 0 Å². The fourth-order valence-electron chi connectivity index (χ4n) is 4.56. The molecule has 16 heteroatoms. The van der Waals surface area contributed by atoms with Crippen molar-refractivity contribution in [1.82, 2.24) is 20.4 Å². The molecule has 14 nitrogen and oxygen atoms in total. The Labute approximate surface area is 232 Å². The van der Waals surface area contributed by atoms with Gasteiger partial charge in [-0.15, -0.1) is 0 Å². The maximum atomic E-state index is 13.2. The molecule has 2 fully saturated rings. The van der Waals surface area contributed by atoms with Gasteiger partial charge in [0.15, 0.2) is 5.96 Å². The van der Waals surface area contributed by atoms with E-state index >= 15 is 0 Å². The quantitative estimate of drug-likeness (QED) is 0.0493. The third-order valence-corrected chi connectivity index (χ3v) is 7.29. The Kier molecular flexibility index (Phi) is 12.4. The molecule has 0 unspecified atom stereocenters. The minimum absolute atomic E-state index is 0.0145. The van der Waals surface area contributed by atoms with Crippen molar-refractivity contribution in [2.24, 2.45) is 22.2 Å². The van der Waals surface area contributed by atoms with E-state index in [0.717, 1.165) is 0 Å². The van der Waals surface area contributed by atoms with Crippen molar-refractivity contribution in [3.63, 3.8) is 0 Å². The maximum absolute atomic E-state index is 13.2. The summed E-state index contributed by atoms with van der Waals surface area (Å²) in [5.74, 6) is -3.30. The van der Waals surface area contributed by atoms with Crippen molar-refractivity contribution in [1.29, 1.82) is 0 Å². The first-order valence-electron chi connectivity index (χ1n) is 12.5. The fraction of sp³-hybridized carbons (Fsp3) is 0.727. The van der Waals surface area contributed by atoms with Gasteiger partial charge in [-0.3, -0.25) is 24.2 Å². The number of nitrogens with two attached hydrogens (primary N) is 3. The van der Waals surface area contributed by atoms with Gasteiger partial charge in [0.2, 0.25) is 23.6 Å². The molecule has 2 heterocycles. The molecule has 4 amide bonds. The van der Waals surface area contributed by atoms with Gasteiger partial charge in [-0.1, -0.05) is 0 Å². The fourth-order valence-corrected chi connectivity index (χ4v) is 5.05. The van der Waals surface area contributed by atoms with Crippen LogP contribution in [0.4, 0.5) is 0 Å². The number of thiol groups is 2. The van der Waals surface area contributed by atoms with Gasteiger partial charge in [-0.2, -0.15) is 25.3 Å². The van der Waals surface area contributed by atoms with Crippen LogP contribution in [0.15, 0.2) is 4.99 Å². The average molecular weight is 575 g/mol. The Morgan fingerprint density at radius 2 is 1.45 bits per heavy atom. The normalized spacial score (nSPS) is 21.3. The number of nitrogens with zero attached hydrogens (tertiary/aromatic N) is 3. The smallest absolute Gasteiger partial charge is 0.326 e. The van der Waals surface area contributed by atoms with Crippen LogP contribution in [0, 0.1) is 0 Å². The number of hydrogen-bond donors (Lipinski definition) is 8. The summed E-state index contributed by atoms with van der Waals surface area (Å²) in [6, 6.07) is -4.74. The molecule has 0 spiro atoms. The number of guanidine groups is 1. The van der Waals surface area contributed by atoms with E-state index in [1.165, 1.54) is 9.80 Å². The van der Waals surface area contributed by atoms with Crippen molar-refractivity contribution in [3.8, 4) is 0 Å². The lowest BCUT2D eigenvalue weighted by Crippen LogP contribution is -2.58. The van der Waals surface area contributed by atoms with Crippen molar-refractivity contribution < 1.29 is 29.1 Å². The maximum Gasteiger partial charge on any atom is 0.326 e. The molecule has 0 aromatic carbocycles. The van der Waals surface area contributed by atoms with Crippen LogP contribution in [-0.2, 0) is 24.0 Å². The molecule has 0 radical (unpaired) electrons. The zero-order valence-electron chi connectivity index (χ0n) is 21.1. The number of likely N-dealkylation sites (tertiary alicyclic amines) is 2. The Bertz CT molecular complexity index is 918. The van der Waals surface area contributed by atoms with Crippen molar-refractivity contribution in [3.05, 3.63) is 0 Å². The van der Waals surface area contributed by atoms with Gasteiger partial charge in [-0.05, 0) is 38.5 Å². The predicted octanol–water partition coefficient (Wildman–Crippen LogP) is -2.74. The molecule has 2 saturated heterocycles. The van der Waals surface area contributed by atoms with Crippen LogP contribution in [0.1, 0.15) is 38.5 Å². The second kappa shape index (κ2) is 15.0. The van der Waals surface area contributed by atoms with Crippen LogP contribution in [0.5, 0.6) is 0 Å². The van der Waals surface area contributed by atoms with Crippen LogP contribution >= 0.6 is 25.3 Å². The summed E-state index contributed by atoms with van der Waals surface area (Å²) in [4.78, 5) is 69.8. The highest BCUT2D eigenvalue weighted by Gasteiger charge is 2.41. The van der Waals surface area contributed by atoms with E-state index in [9.17, 15) is 29.1 Å². The number of aliphatic carboxylic acids is 1. The zero-order chi connectivity index (χ0) is 28.4. The van der Waals surface area contributed by atoms with Crippen molar-refractivity contribution >= 4 is 60.8 Å². The van der Waals surface area contributed by atoms with Gasteiger partial charge in [0.25, 0.3) is 0 Å². The highest BCUT2D eigenvalue weighted by molar-refractivity contribution is 7.80.